The number of aromatic amines is 1. The SMILES string of the molecule is Cc1cc(C)cc(C(=O)CCc2nc[nH]c2C)c1.O=C(O)C=CC(=O)O. The molecule has 0 aliphatic rings. The predicted molar refractivity (Wildman–Crippen MR) is 96.3 cm³/mol. The summed E-state index contributed by atoms with van der Waals surface area (Å²) in [4.78, 5) is 38.5. The van der Waals surface area contributed by atoms with Crippen molar-refractivity contribution >= 4 is 17.7 Å². The van der Waals surface area contributed by atoms with E-state index in [1.54, 1.807) is 6.33 Å². The molecule has 0 fully saturated rings. The van der Waals surface area contributed by atoms with Crippen molar-refractivity contribution in [2.24, 2.45) is 0 Å². The molecular formula is C19H22N2O5. The number of H-pyrrole nitrogens is 1. The van der Waals surface area contributed by atoms with Crippen LogP contribution in [0.2, 0.25) is 0 Å². The number of nitrogens with one attached hydrogen (secondary N) is 1. The molecule has 0 amide bonds. The predicted octanol–water partition coefficient (Wildman–Crippen LogP) is 2.86. The Balaban J connectivity index is 0.000000359. The maximum absolute atomic E-state index is 12.1. The first-order valence-corrected chi connectivity index (χ1v) is 7.93. The highest BCUT2D eigenvalue weighted by Gasteiger charge is 2.09. The molecule has 26 heavy (non-hydrogen) atoms. The fourth-order valence-corrected chi connectivity index (χ4v) is 2.29. The third-order valence-electron chi connectivity index (χ3n) is 3.44. The molecule has 0 aliphatic heterocycles. The Morgan fingerprint density at radius 3 is 1.96 bits per heavy atom. The quantitative estimate of drug-likeness (QED) is 0.539. The molecule has 0 saturated carbocycles. The summed E-state index contributed by atoms with van der Waals surface area (Å²) in [7, 11) is 0. The summed E-state index contributed by atoms with van der Waals surface area (Å²) < 4.78 is 0. The van der Waals surface area contributed by atoms with Crippen molar-refractivity contribution in [2.45, 2.75) is 33.6 Å². The Morgan fingerprint density at radius 2 is 1.54 bits per heavy atom. The van der Waals surface area contributed by atoms with Crippen LogP contribution in [0.5, 0.6) is 0 Å². The zero-order valence-electron chi connectivity index (χ0n) is 14.9. The fourth-order valence-electron chi connectivity index (χ4n) is 2.29. The van der Waals surface area contributed by atoms with E-state index in [1.807, 2.05) is 32.9 Å². The highest BCUT2D eigenvalue weighted by Crippen LogP contribution is 2.13. The van der Waals surface area contributed by atoms with Gasteiger partial charge in [-0.25, -0.2) is 14.6 Å². The average molecular weight is 358 g/mol. The Hall–Kier alpha value is -3.22. The minimum Gasteiger partial charge on any atom is -0.478 e. The van der Waals surface area contributed by atoms with E-state index in [2.05, 4.69) is 16.0 Å². The molecule has 0 bridgehead atoms. The number of aromatic nitrogens is 2. The summed E-state index contributed by atoms with van der Waals surface area (Å²) in [6, 6.07) is 5.98. The summed E-state index contributed by atoms with van der Waals surface area (Å²) in [6.07, 6.45) is 3.99. The zero-order valence-corrected chi connectivity index (χ0v) is 14.9. The monoisotopic (exact) mass is 358 g/mol. The summed E-state index contributed by atoms with van der Waals surface area (Å²) in [6.45, 7) is 6.01. The Bertz CT molecular complexity index is 785. The molecule has 1 aromatic carbocycles. The number of carboxylic acids is 2. The van der Waals surface area contributed by atoms with Crippen molar-refractivity contribution in [2.75, 3.05) is 0 Å². The number of ketones is 1. The summed E-state index contributed by atoms with van der Waals surface area (Å²) in [5.41, 5.74) is 5.10. The van der Waals surface area contributed by atoms with E-state index in [4.69, 9.17) is 10.2 Å². The molecule has 0 radical (unpaired) electrons. The van der Waals surface area contributed by atoms with Crippen LogP contribution >= 0.6 is 0 Å². The number of carbonyl (C=O) groups excluding carboxylic acids is 1. The lowest BCUT2D eigenvalue weighted by molar-refractivity contribution is -0.134. The first-order chi connectivity index (χ1) is 12.2. The lowest BCUT2D eigenvalue weighted by Crippen LogP contribution is -2.03. The van der Waals surface area contributed by atoms with Gasteiger partial charge in [-0.2, -0.15) is 0 Å². The molecule has 0 aliphatic carbocycles. The summed E-state index contributed by atoms with van der Waals surface area (Å²) in [5.74, 6) is -2.33. The van der Waals surface area contributed by atoms with Crippen LogP contribution in [0.25, 0.3) is 0 Å². The Morgan fingerprint density at radius 1 is 1.00 bits per heavy atom. The maximum atomic E-state index is 12.1. The van der Waals surface area contributed by atoms with Gasteiger partial charge in [-0.05, 0) is 39.3 Å². The van der Waals surface area contributed by atoms with E-state index in [9.17, 15) is 14.4 Å². The molecule has 2 rings (SSSR count). The molecule has 0 saturated heterocycles. The van der Waals surface area contributed by atoms with E-state index in [0.29, 0.717) is 25.0 Å². The van der Waals surface area contributed by atoms with Crippen LogP contribution in [0.3, 0.4) is 0 Å². The standard InChI is InChI=1S/C15H18N2O.C4H4O4/c1-10-6-11(2)8-13(7-10)15(18)5-4-14-12(3)16-9-17-14;5-3(6)1-2-4(7)8/h6-9H,4-5H2,1-3H3,(H,16,17);1-2H,(H,5,6)(H,7,8). The Kier molecular flexibility index (Phi) is 7.95. The van der Waals surface area contributed by atoms with Crippen LogP contribution in [0.4, 0.5) is 0 Å². The number of hydrogen-bond donors (Lipinski definition) is 3. The van der Waals surface area contributed by atoms with Gasteiger partial charge in [0, 0.05) is 29.8 Å². The molecule has 0 atom stereocenters. The van der Waals surface area contributed by atoms with Gasteiger partial charge in [-0.3, -0.25) is 4.79 Å². The third-order valence-corrected chi connectivity index (χ3v) is 3.44. The van der Waals surface area contributed by atoms with E-state index < -0.39 is 11.9 Å². The number of hydrogen-bond acceptors (Lipinski definition) is 4. The molecular weight excluding hydrogens is 336 g/mol. The van der Waals surface area contributed by atoms with Crippen LogP contribution in [-0.2, 0) is 16.0 Å². The van der Waals surface area contributed by atoms with Gasteiger partial charge >= 0.3 is 11.9 Å². The van der Waals surface area contributed by atoms with E-state index in [1.165, 1.54) is 0 Å². The number of rotatable bonds is 6. The second-order valence-corrected chi connectivity index (χ2v) is 5.78. The van der Waals surface area contributed by atoms with Gasteiger partial charge in [-0.15, -0.1) is 0 Å². The van der Waals surface area contributed by atoms with Gasteiger partial charge in [0.2, 0.25) is 0 Å². The molecule has 7 nitrogen and oxygen atoms in total. The van der Waals surface area contributed by atoms with Crippen LogP contribution in [-0.4, -0.2) is 37.9 Å². The van der Waals surface area contributed by atoms with Gasteiger partial charge in [0.1, 0.15) is 0 Å². The molecule has 3 N–H and O–H groups in total. The second-order valence-electron chi connectivity index (χ2n) is 5.78. The number of Topliss-reactive ketones (excluding diaryl/α,β-unsaturated/α-hetero) is 1. The van der Waals surface area contributed by atoms with Crippen molar-refractivity contribution < 1.29 is 24.6 Å². The smallest absolute Gasteiger partial charge is 0.328 e. The lowest BCUT2D eigenvalue weighted by atomic mass is 10.0. The third kappa shape index (κ3) is 7.57. The molecule has 2 aromatic rings. The molecule has 138 valence electrons. The fraction of sp³-hybridized carbons (Fsp3) is 0.263. The van der Waals surface area contributed by atoms with Crippen molar-refractivity contribution in [1.29, 1.82) is 0 Å². The van der Waals surface area contributed by atoms with Gasteiger partial charge in [0.25, 0.3) is 0 Å². The minimum atomic E-state index is -1.26. The van der Waals surface area contributed by atoms with Crippen molar-refractivity contribution in [3.05, 3.63) is 64.8 Å². The molecule has 1 aromatic heterocycles. The average Bonchev–Trinajstić information content (AvgIpc) is 2.95. The Labute approximate surface area is 151 Å². The topological polar surface area (TPSA) is 120 Å². The number of imidazole rings is 1. The van der Waals surface area contributed by atoms with Crippen LogP contribution < -0.4 is 0 Å². The zero-order chi connectivity index (χ0) is 19.7. The second kappa shape index (κ2) is 9.93. The molecule has 0 unspecified atom stereocenters. The maximum Gasteiger partial charge on any atom is 0.328 e. The van der Waals surface area contributed by atoms with Crippen molar-refractivity contribution in [3.63, 3.8) is 0 Å². The number of carbonyl (C=O) groups is 3. The molecule has 7 heteroatoms. The van der Waals surface area contributed by atoms with Crippen molar-refractivity contribution in [1.82, 2.24) is 9.97 Å². The van der Waals surface area contributed by atoms with Crippen LogP contribution in [0.1, 0.15) is 39.3 Å². The lowest BCUT2D eigenvalue weighted by Gasteiger charge is -2.04. The summed E-state index contributed by atoms with van der Waals surface area (Å²) >= 11 is 0. The molecule has 1 heterocycles. The highest BCUT2D eigenvalue weighted by atomic mass is 16.4. The first-order valence-electron chi connectivity index (χ1n) is 7.93. The van der Waals surface area contributed by atoms with Crippen LogP contribution in [0, 0.1) is 20.8 Å². The van der Waals surface area contributed by atoms with E-state index in [0.717, 1.165) is 28.1 Å². The number of nitrogens with zero attached hydrogens (tertiary/aromatic N) is 1. The van der Waals surface area contributed by atoms with E-state index in [-0.39, 0.29) is 5.78 Å². The summed E-state index contributed by atoms with van der Waals surface area (Å²) in [5, 5.41) is 15.6. The highest BCUT2D eigenvalue weighted by molar-refractivity contribution is 5.96. The van der Waals surface area contributed by atoms with Gasteiger partial charge in [-0.1, -0.05) is 17.2 Å². The number of aliphatic carboxylic acids is 2. The first kappa shape index (κ1) is 20.8. The minimum absolute atomic E-state index is 0.184. The van der Waals surface area contributed by atoms with Crippen LogP contribution in [0.15, 0.2) is 36.7 Å². The normalized spacial score (nSPS) is 10.3. The largest absolute Gasteiger partial charge is 0.478 e. The van der Waals surface area contributed by atoms with E-state index >= 15 is 0 Å². The van der Waals surface area contributed by atoms with Gasteiger partial charge < -0.3 is 15.2 Å². The van der Waals surface area contributed by atoms with Crippen molar-refractivity contribution in [3.8, 4) is 0 Å². The number of benzene rings is 1. The number of aryl methyl sites for hydroxylation is 4. The van der Waals surface area contributed by atoms with Gasteiger partial charge in [0.05, 0.1) is 12.0 Å². The van der Waals surface area contributed by atoms with Gasteiger partial charge in [0.15, 0.2) is 5.78 Å². The molecule has 0 spiro atoms. The number of carboxylic acid groups (broad SMARTS) is 2.